The van der Waals surface area contributed by atoms with Crippen LogP contribution in [0, 0.1) is 6.92 Å². The SMILES string of the molecule is CCCN(CCSc1ccc(OCC(=O)O)c(C)c1)S(=O)(=O)Cc1ccccc1. The molecule has 158 valence electrons. The summed E-state index contributed by atoms with van der Waals surface area (Å²) in [7, 11) is -3.38. The van der Waals surface area contributed by atoms with Gasteiger partial charge in [-0.3, -0.25) is 0 Å². The van der Waals surface area contributed by atoms with Gasteiger partial charge in [0.1, 0.15) is 5.75 Å². The molecule has 2 aromatic carbocycles. The molecule has 0 aromatic heterocycles. The van der Waals surface area contributed by atoms with Crippen LogP contribution in [-0.4, -0.2) is 49.2 Å². The summed E-state index contributed by atoms with van der Waals surface area (Å²) in [5.41, 5.74) is 1.63. The zero-order valence-corrected chi connectivity index (χ0v) is 18.3. The van der Waals surface area contributed by atoms with Crippen molar-refractivity contribution < 1.29 is 23.1 Å². The Balaban J connectivity index is 1.95. The fourth-order valence-corrected chi connectivity index (χ4v) is 5.51. The lowest BCUT2D eigenvalue weighted by Gasteiger charge is -2.21. The molecule has 0 unspecified atom stereocenters. The first-order valence-corrected chi connectivity index (χ1v) is 12.0. The number of carbonyl (C=O) groups is 1. The number of benzene rings is 2. The summed E-state index contributed by atoms with van der Waals surface area (Å²) in [6.07, 6.45) is 0.757. The van der Waals surface area contributed by atoms with Crippen molar-refractivity contribution in [1.29, 1.82) is 0 Å². The molecule has 8 heteroatoms. The summed E-state index contributed by atoms with van der Waals surface area (Å²) in [4.78, 5) is 11.6. The minimum atomic E-state index is -3.38. The molecule has 0 bridgehead atoms. The monoisotopic (exact) mass is 437 g/mol. The van der Waals surface area contributed by atoms with Crippen molar-refractivity contribution in [3.63, 3.8) is 0 Å². The molecule has 0 aliphatic carbocycles. The fraction of sp³-hybridized carbons (Fsp3) is 0.381. The van der Waals surface area contributed by atoms with E-state index >= 15 is 0 Å². The molecule has 2 rings (SSSR count). The molecule has 0 atom stereocenters. The maximum Gasteiger partial charge on any atom is 0.341 e. The molecule has 1 N–H and O–H groups in total. The number of ether oxygens (including phenoxy) is 1. The van der Waals surface area contributed by atoms with Crippen LogP contribution in [0.1, 0.15) is 24.5 Å². The van der Waals surface area contributed by atoms with Crippen LogP contribution in [-0.2, 0) is 20.6 Å². The molecule has 0 spiro atoms. The van der Waals surface area contributed by atoms with Crippen LogP contribution < -0.4 is 4.74 Å². The number of carboxylic acids is 1. The van der Waals surface area contributed by atoms with Gasteiger partial charge in [-0.05, 0) is 42.7 Å². The summed E-state index contributed by atoms with van der Waals surface area (Å²) in [6, 6.07) is 14.7. The van der Waals surface area contributed by atoms with Crippen molar-refractivity contribution in [3.8, 4) is 5.75 Å². The third-order valence-corrected chi connectivity index (χ3v) is 6.99. The lowest BCUT2D eigenvalue weighted by Crippen LogP contribution is -2.34. The largest absolute Gasteiger partial charge is 0.482 e. The van der Waals surface area contributed by atoms with Crippen LogP contribution in [0.4, 0.5) is 0 Å². The van der Waals surface area contributed by atoms with E-state index in [0.29, 0.717) is 24.6 Å². The van der Waals surface area contributed by atoms with E-state index in [1.165, 1.54) is 0 Å². The topological polar surface area (TPSA) is 83.9 Å². The van der Waals surface area contributed by atoms with Gasteiger partial charge in [-0.2, -0.15) is 0 Å². The Hall–Kier alpha value is -2.03. The maximum atomic E-state index is 12.8. The average molecular weight is 438 g/mol. The molecule has 0 saturated carbocycles. The minimum absolute atomic E-state index is 0.00717. The van der Waals surface area contributed by atoms with Crippen LogP contribution >= 0.6 is 11.8 Å². The van der Waals surface area contributed by atoms with Gasteiger partial charge in [0.15, 0.2) is 6.61 Å². The van der Waals surface area contributed by atoms with Gasteiger partial charge in [0, 0.05) is 23.7 Å². The second-order valence-electron chi connectivity index (χ2n) is 6.60. The van der Waals surface area contributed by atoms with Crippen molar-refractivity contribution in [1.82, 2.24) is 4.31 Å². The zero-order valence-electron chi connectivity index (χ0n) is 16.7. The number of carboxylic acid groups (broad SMARTS) is 1. The second kappa shape index (κ2) is 11.2. The molecule has 0 aliphatic heterocycles. The summed E-state index contributed by atoms with van der Waals surface area (Å²) in [5.74, 6) is 0.154. The Bertz CT molecular complexity index is 901. The average Bonchev–Trinajstić information content (AvgIpc) is 2.67. The number of nitrogens with zero attached hydrogens (tertiary/aromatic N) is 1. The highest BCUT2D eigenvalue weighted by Gasteiger charge is 2.21. The van der Waals surface area contributed by atoms with Crippen molar-refractivity contribution in [2.24, 2.45) is 0 Å². The summed E-state index contributed by atoms with van der Waals surface area (Å²) >= 11 is 1.57. The normalized spacial score (nSPS) is 11.6. The first kappa shape index (κ1) is 23.3. The second-order valence-corrected chi connectivity index (χ2v) is 9.74. The Morgan fingerprint density at radius 3 is 2.48 bits per heavy atom. The Kier molecular flexibility index (Phi) is 9.00. The van der Waals surface area contributed by atoms with Crippen LogP contribution in [0.2, 0.25) is 0 Å². The Labute approximate surface area is 176 Å². The van der Waals surface area contributed by atoms with E-state index in [2.05, 4.69) is 0 Å². The first-order valence-electron chi connectivity index (χ1n) is 9.41. The molecule has 29 heavy (non-hydrogen) atoms. The number of aliphatic carboxylic acids is 1. The van der Waals surface area contributed by atoms with E-state index < -0.39 is 16.0 Å². The predicted molar refractivity (Wildman–Crippen MR) is 116 cm³/mol. The predicted octanol–water partition coefficient (Wildman–Crippen LogP) is 3.79. The third-order valence-electron chi connectivity index (χ3n) is 4.17. The maximum absolute atomic E-state index is 12.8. The fourth-order valence-electron chi connectivity index (χ4n) is 2.79. The van der Waals surface area contributed by atoms with Gasteiger partial charge >= 0.3 is 5.97 Å². The highest BCUT2D eigenvalue weighted by Crippen LogP contribution is 2.26. The molecule has 0 aliphatic rings. The van der Waals surface area contributed by atoms with Crippen LogP contribution in [0.15, 0.2) is 53.4 Å². The molecular formula is C21H27NO5S2. The first-order chi connectivity index (χ1) is 13.8. The van der Waals surface area contributed by atoms with E-state index in [0.717, 1.165) is 22.4 Å². The van der Waals surface area contributed by atoms with Gasteiger partial charge in [-0.25, -0.2) is 17.5 Å². The molecule has 0 radical (unpaired) electrons. The summed E-state index contributed by atoms with van der Waals surface area (Å²) in [6.45, 7) is 4.38. The number of aryl methyl sites for hydroxylation is 1. The van der Waals surface area contributed by atoms with E-state index in [9.17, 15) is 13.2 Å². The number of rotatable bonds is 12. The van der Waals surface area contributed by atoms with E-state index in [4.69, 9.17) is 9.84 Å². The Morgan fingerprint density at radius 1 is 1.14 bits per heavy atom. The van der Waals surface area contributed by atoms with Crippen molar-refractivity contribution in [2.45, 2.75) is 30.9 Å². The van der Waals surface area contributed by atoms with Crippen LogP contribution in [0.25, 0.3) is 0 Å². The molecular weight excluding hydrogens is 410 g/mol. The lowest BCUT2D eigenvalue weighted by molar-refractivity contribution is -0.139. The van der Waals surface area contributed by atoms with Gasteiger partial charge in [0.05, 0.1) is 5.75 Å². The van der Waals surface area contributed by atoms with E-state index in [1.807, 2.05) is 56.3 Å². The number of hydrogen-bond donors (Lipinski definition) is 1. The lowest BCUT2D eigenvalue weighted by atomic mass is 10.2. The smallest absolute Gasteiger partial charge is 0.341 e. The zero-order chi connectivity index (χ0) is 21.3. The summed E-state index contributed by atoms with van der Waals surface area (Å²) < 4.78 is 32.4. The highest BCUT2D eigenvalue weighted by atomic mass is 32.2. The summed E-state index contributed by atoms with van der Waals surface area (Å²) in [5, 5.41) is 8.71. The third kappa shape index (κ3) is 7.72. The molecule has 0 fully saturated rings. The van der Waals surface area contributed by atoms with Gasteiger partial charge in [0.2, 0.25) is 10.0 Å². The van der Waals surface area contributed by atoms with E-state index in [-0.39, 0.29) is 12.4 Å². The van der Waals surface area contributed by atoms with Crippen molar-refractivity contribution >= 4 is 27.8 Å². The quantitative estimate of drug-likeness (QED) is 0.509. The number of hydrogen-bond acceptors (Lipinski definition) is 5. The highest BCUT2D eigenvalue weighted by molar-refractivity contribution is 7.99. The standard InChI is InChI=1S/C21H27NO5S2/c1-3-11-22(29(25,26)16-18-7-5-4-6-8-18)12-13-28-19-9-10-20(17(2)14-19)27-15-21(23)24/h4-10,14H,3,11-13,15-16H2,1-2H3,(H,23,24). The molecule has 0 saturated heterocycles. The van der Waals surface area contributed by atoms with Crippen molar-refractivity contribution in [2.75, 3.05) is 25.4 Å². The number of thioether (sulfide) groups is 1. The van der Waals surface area contributed by atoms with Gasteiger partial charge in [0.25, 0.3) is 0 Å². The Morgan fingerprint density at radius 2 is 1.86 bits per heavy atom. The van der Waals surface area contributed by atoms with Gasteiger partial charge in [-0.15, -0.1) is 11.8 Å². The molecule has 2 aromatic rings. The van der Waals surface area contributed by atoms with Crippen LogP contribution in [0.3, 0.4) is 0 Å². The minimum Gasteiger partial charge on any atom is -0.482 e. The number of sulfonamides is 1. The molecule has 6 nitrogen and oxygen atoms in total. The van der Waals surface area contributed by atoms with Crippen LogP contribution in [0.5, 0.6) is 5.75 Å². The van der Waals surface area contributed by atoms with Gasteiger partial charge in [-0.1, -0.05) is 37.3 Å². The van der Waals surface area contributed by atoms with Crippen molar-refractivity contribution in [3.05, 3.63) is 59.7 Å². The molecule has 0 amide bonds. The van der Waals surface area contributed by atoms with E-state index in [1.54, 1.807) is 22.1 Å². The van der Waals surface area contributed by atoms with Gasteiger partial charge < -0.3 is 9.84 Å². The molecule has 0 heterocycles.